The van der Waals surface area contributed by atoms with Crippen molar-refractivity contribution in [2.75, 3.05) is 5.73 Å². The van der Waals surface area contributed by atoms with Crippen LogP contribution < -0.4 is 5.73 Å². The summed E-state index contributed by atoms with van der Waals surface area (Å²) in [7, 11) is 0. The molecule has 0 bridgehead atoms. The van der Waals surface area contributed by atoms with E-state index in [0.717, 1.165) is 5.56 Å². The summed E-state index contributed by atoms with van der Waals surface area (Å²) in [5.74, 6) is 0. The lowest BCUT2D eigenvalue weighted by Crippen LogP contribution is -2.00. The minimum atomic E-state index is -0.484. The third kappa shape index (κ3) is 2.49. The molecular weight excluding hydrogens is 280 g/mol. The molecular formula is C16H12N4O2. The maximum absolute atomic E-state index is 11.3. The number of nitrogen functional groups attached to an aromatic ring is 1. The standard InChI is InChI=1S/C16H12N4O2/c17-16-13(14-5-1-2-7-19-14)8-12(9-15(16)20(21)22)11-4-3-6-18-10-11/h1-10H,17H2. The Morgan fingerprint density at radius 2 is 1.91 bits per heavy atom. The van der Waals surface area contributed by atoms with Crippen molar-refractivity contribution in [2.24, 2.45) is 0 Å². The fourth-order valence-electron chi connectivity index (χ4n) is 2.22. The Kier molecular flexibility index (Phi) is 3.49. The lowest BCUT2D eigenvalue weighted by atomic mass is 9.99. The molecule has 0 amide bonds. The third-order valence-corrected chi connectivity index (χ3v) is 3.29. The van der Waals surface area contributed by atoms with Gasteiger partial charge in [0.15, 0.2) is 0 Å². The minimum absolute atomic E-state index is 0.108. The van der Waals surface area contributed by atoms with E-state index >= 15 is 0 Å². The van der Waals surface area contributed by atoms with Gasteiger partial charge in [-0.2, -0.15) is 0 Å². The number of nitrogens with zero attached hydrogens (tertiary/aromatic N) is 3. The van der Waals surface area contributed by atoms with E-state index in [0.29, 0.717) is 16.8 Å². The highest BCUT2D eigenvalue weighted by molar-refractivity contribution is 5.86. The van der Waals surface area contributed by atoms with Crippen molar-refractivity contribution in [1.82, 2.24) is 9.97 Å². The van der Waals surface area contributed by atoms with Gasteiger partial charge in [-0.15, -0.1) is 0 Å². The fourth-order valence-corrected chi connectivity index (χ4v) is 2.22. The largest absolute Gasteiger partial charge is 0.393 e. The van der Waals surface area contributed by atoms with Gasteiger partial charge in [0.05, 0.1) is 10.6 Å². The molecule has 0 aliphatic rings. The predicted octanol–water partition coefficient (Wildman–Crippen LogP) is 3.30. The molecule has 0 saturated carbocycles. The molecule has 6 nitrogen and oxygen atoms in total. The molecule has 0 atom stereocenters. The molecule has 0 saturated heterocycles. The molecule has 3 aromatic rings. The second-order valence-corrected chi connectivity index (χ2v) is 4.67. The van der Waals surface area contributed by atoms with Crippen LogP contribution in [-0.4, -0.2) is 14.9 Å². The van der Waals surface area contributed by atoms with Crippen LogP contribution in [0.4, 0.5) is 11.4 Å². The molecule has 2 N–H and O–H groups in total. The molecule has 6 heteroatoms. The Morgan fingerprint density at radius 1 is 1.05 bits per heavy atom. The second kappa shape index (κ2) is 5.61. The van der Waals surface area contributed by atoms with E-state index in [1.165, 1.54) is 6.07 Å². The van der Waals surface area contributed by atoms with Gasteiger partial charge in [0.1, 0.15) is 5.69 Å². The molecule has 0 spiro atoms. The van der Waals surface area contributed by atoms with Crippen LogP contribution in [0.15, 0.2) is 61.1 Å². The van der Waals surface area contributed by atoms with Crippen molar-refractivity contribution in [2.45, 2.75) is 0 Å². The number of nitro benzene ring substituents is 1. The molecule has 0 aliphatic heterocycles. The fraction of sp³-hybridized carbons (Fsp3) is 0. The van der Waals surface area contributed by atoms with Gasteiger partial charge >= 0.3 is 0 Å². The average Bonchev–Trinajstić information content (AvgIpc) is 2.56. The SMILES string of the molecule is Nc1c(-c2ccccn2)cc(-c2cccnc2)cc1[N+](=O)[O-]. The Labute approximate surface area is 126 Å². The first-order valence-electron chi connectivity index (χ1n) is 6.56. The topological polar surface area (TPSA) is 94.9 Å². The van der Waals surface area contributed by atoms with Crippen LogP contribution in [0.3, 0.4) is 0 Å². The van der Waals surface area contributed by atoms with Crippen molar-refractivity contribution in [3.8, 4) is 22.4 Å². The summed E-state index contributed by atoms with van der Waals surface area (Å²) < 4.78 is 0. The lowest BCUT2D eigenvalue weighted by Gasteiger charge is -2.09. The summed E-state index contributed by atoms with van der Waals surface area (Å²) in [5, 5.41) is 11.3. The highest BCUT2D eigenvalue weighted by Crippen LogP contribution is 2.37. The zero-order valence-corrected chi connectivity index (χ0v) is 11.5. The van der Waals surface area contributed by atoms with E-state index in [1.54, 1.807) is 42.9 Å². The molecule has 0 fully saturated rings. The van der Waals surface area contributed by atoms with Crippen molar-refractivity contribution in [3.05, 3.63) is 71.2 Å². The highest BCUT2D eigenvalue weighted by Gasteiger charge is 2.19. The predicted molar refractivity (Wildman–Crippen MR) is 84.0 cm³/mol. The van der Waals surface area contributed by atoms with Gasteiger partial charge in [-0.1, -0.05) is 12.1 Å². The van der Waals surface area contributed by atoms with E-state index in [2.05, 4.69) is 9.97 Å². The van der Waals surface area contributed by atoms with Crippen LogP contribution >= 0.6 is 0 Å². The number of benzene rings is 1. The van der Waals surface area contributed by atoms with E-state index in [9.17, 15) is 10.1 Å². The van der Waals surface area contributed by atoms with Gasteiger partial charge in [-0.3, -0.25) is 20.1 Å². The number of hydrogen-bond donors (Lipinski definition) is 1. The molecule has 3 rings (SSSR count). The van der Waals surface area contributed by atoms with Crippen LogP contribution in [0.5, 0.6) is 0 Å². The number of nitrogens with two attached hydrogens (primary N) is 1. The maximum atomic E-state index is 11.3. The summed E-state index contributed by atoms with van der Waals surface area (Å²) in [6.07, 6.45) is 4.92. The number of hydrogen-bond acceptors (Lipinski definition) is 5. The van der Waals surface area contributed by atoms with Crippen LogP contribution in [0, 0.1) is 10.1 Å². The summed E-state index contributed by atoms with van der Waals surface area (Å²) in [4.78, 5) is 19.1. The summed E-state index contributed by atoms with van der Waals surface area (Å²) in [6.45, 7) is 0. The number of aromatic nitrogens is 2. The van der Waals surface area contributed by atoms with Gasteiger partial charge < -0.3 is 5.73 Å². The van der Waals surface area contributed by atoms with E-state index in [4.69, 9.17) is 5.73 Å². The van der Waals surface area contributed by atoms with Crippen LogP contribution in [0.1, 0.15) is 0 Å². The highest BCUT2D eigenvalue weighted by atomic mass is 16.6. The molecule has 1 aromatic carbocycles. The quantitative estimate of drug-likeness (QED) is 0.454. The van der Waals surface area contributed by atoms with Crippen LogP contribution in [0.25, 0.3) is 22.4 Å². The Balaban J connectivity index is 2.26. The zero-order valence-electron chi connectivity index (χ0n) is 11.5. The van der Waals surface area contributed by atoms with Crippen molar-refractivity contribution in [1.29, 1.82) is 0 Å². The first-order valence-corrected chi connectivity index (χ1v) is 6.56. The molecule has 22 heavy (non-hydrogen) atoms. The monoisotopic (exact) mass is 292 g/mol. The molecule has 0 radical (unpaired) electrons. The van der Waals surface area contributed by atoms with Gasteiger partial charge in [-0.25, -0.2) is 0 Å². The maximum Gasteiger partial charge on any atom is 0.293 e. The van der Waals surface area contributed by atoms with Crippen LogP contribution in [0.2, 0.25) is 0 Å². The van der Waals surface area contributed by atoms with Crippen molar-refractivity contribution in [3.63, 3.8) is 0 Å². The minimum Gasteiger partial charge on any atom is -0.393 e. The first kappa shape index (κ1) is 13.7. The number of anilines is 1. The van der Waals surface area contributed by atoms with E-state index < -0.39 is 4.92 Å². The van der Waals surface area contributed by atoms with Crippen molar-refractivity contribution >= 4 is 11.4 Å². The number of pyridine rings is 2. The molecule has 2 heterocycles. The normalized spacial score (nSPS) is 10.4. The molecule has 0 aliphatic carbocycles. The number of rotatable bonds is 3. The molecule has 108 valence electrons. The summed E-state index contributed by atoms with van der Waals surface area (Å²) in [5.41, 5.74) is 8.52. The van der Waals surface area contributed by atoms with E-state index in [-0.39, 0.29) is 11.4 Å². The zero-order chi connectivity index (χ0) is 15.5. The second-order valence-electron chi connectivity index (χ2n) is 4.67. The number of nitro groups is 1. The van der Waals surface area contributed by atoms with Crippen molar-refractivity contribution < 1.29 is 4.92 Å². The van der Waals surface area contributed by atoms with Gasteiger partial charge in [0.2, 0.25) is 0 Å². The molecule has 0 unspecified atom stereocenters. The smallest absolute Gasteiger partial charge is 0.293 e. The summed E-state index contributed by atoms with van der Waals surface area (Å²) >= 11 is 0. The first-order chi connectivity index (χ1) is 10.7. The van der Waals surface area contributed by atoms with Crippen LogP contribution in [-0.2, 0) is 0 Å². The lowest BCUT2D eigenvalue weighted by molar-refractivity contribution is -0.383. The Bertz CT molecular complexity index is 820. The summed E-state index contributed by atoms with van der Waals surface area (Å²) in [6, 6.07) is 12.2. The van der Waals surface area contributed by atoms with Gasteiger partial charge in [-0.05, 0) is 29.8 Å². The average molecular weight is 292 g/mol. The Morgan fingerprint density at radius 3 is 2.55 bits per heavy atom. The molecule has 2 aromatic heterocycles. The third-order valence-electron chi connectivity index (χ3n) is 3.29. The van der Waals surface area contributed by atoms with E-state index in [1.807, 2.05) is 12.1 Å². The van der Waals surface area contributed by atoms with Gasteiger partial charge in [0.25, 0.3) is 5.69 Å². The Hall–Kier alpha value is -3.28. The van der Waals surface area contributed by atoms with Gasteiger partial charge in [0, 0.05) is 35.8 Å².